The minimum absolute atomic E-state index is 0.241. The Morgan fingerprint density at radius 3 is 2.25 bits per heavy atom. The van der Waals surface area contributed by atoms with Crippen LogP contribution in [0.2, 0.25) is 0 Å². The zero-order valence-electron chi connectivity index (χ0n) is 10.0. The number of hydrogen-bond acceptors (Lipinski definition) is 1. The minimum atomic E-state index is -0.693. The molecule has 1 rings (SSSR count). The maximum Gasteiger partial charge on any atom is 0.303 e. The van der Waals surface area contributed by atoms with E-state index in [4.69, 9.17) is 5.11 Å². The highest BCUT2D eigenvalue weighted by molar-refractivity contribution is 5.67. The van der Waals surface area contributed by atoms with Gasteiger partial charge >= 0.3 is 5.97 Å². The summed E-state index contributed by atoms with van der Waals surface area (Å²) < 4.78 is 0. The first-order valence-corrected chi connectivity index (χ1v) is 5.95. The predicted octanol–water partition coefficient (Wildman–Crippen LogP) is 3.68. The largest absolute Gasteiger partial charge is 0.481 e. The molecule has 1 aromatic rings. The number of benzene rings is 1. The molecule has 0 aliphatic rings. The van der Waals surface area contributed by atoms with Gasteiger partial charge in [0.25, 0.3) is 0 Å². The van der Waals surface area contributed by atoms with Gasteiger partial charge in [0.2, 0.25) is 0 Å². The first-order chi connectivity index (χ1) is 7.69. The van der Waals surface area contributed by atoms with Gasteiger partial charge in [0, 0.05) is 6.42 Å². The average Bonchev–Trinajstić information content (AvgIpc) is 2.29. The molecule has 0 saturated carbocycles. The lowest BCUT2D eigenvalue weighted by Crippen LogP contribution is -2.15. The van der Waals surface area contributed by atoms with Crippen molar-refractivity contribution in [2.75, 3.05) is 0 Å². The Kier molecular flexibility index (Phi) is 5.03. The number of carboxylic acids is 1. The van der Waals surface area contributed by atoms with Crippen molar-refractivity contribution < 1.29 is 9.90 Å². The summed E-state index contributed by atoms with van der Waals surface area (Å²) in [5, 5.41) is 8.91. The Morgan fingerprint density at radius 2 is 1.81 bits per heavy atom. The third-order valence-electron chi connectivity index (χ3n) is 3.20. The summed E-state index contributed by atoms with van der Waals surface area (Å²) in [4.78, 5) is 10.8. The molecule has 0 aliphatic heterocycles. The van der Waals surface area contributed by atoms with E-state index in [1.54, 1.807) is 0 Å². The summed E-state index contributed by atoms with van der Waals surface area (Å²) in [6.07, 6.45) is 2.18. The molecular formula is C14H20O2. The van der Waals surface area contributed by atoms with Crippen molar-refractivity contribution in [3.05, 3.63) is 35.9 Å². The molecule has 0 amide bonds. The summed E-state index contributed by atoms with van der Waals surface area (Å²) in [7, 11) is 0. The molecular weight excluding hydrogens is 200 g/mol. The van der Waals surface area contributed by atoms with Crippen molar-refractivity contribution in [1.29, 1.82) is 0 Å². The van der Waals surface area contributed by atoms with E-state index in [0.717, 1.165) is 12.8 Å². The molecule has 2 heteroatoms. The second kappa shape index (κ2) is 6.31. The first-order valence-electron chi connectivity index (χ1n) is 5.95. The fraction of sp³-hybridized carbons (Fsp3) is 0.500. The SMILES string of the molecule is CCC(CC(=O)O)[C@@H](CC)c1ccccc1. The van der Waals surface area contributed by atoms with Crippen molar-refractivity contribution >= 4 is 5.97 Å². The van der Waals surface area contributed by atoms with Crippen LogP contribution in [0.4, 0.5) is 0 Å². The number of carboxylic acid groups (broad SMARTS) is 1. The maximum atomic E-state index is 10.8. The maximum absolute atomic E-state index is 10.8. The van der Waals surface area contributed by atoms with E-state index in [2.05, 4.69) is 26.0 Å². The van der Waals surface area contributed by atoms with Gasteiger partial charge in [-0.2, -0.15) is 0 Å². The van der Waals surface area contributed by atoms with E-state index in [-0.39, 0.29) is 12.3 Å². The normalized spacial score (nSPS) is 14.4. The van der Waals surface area contributed by atoms with Crippen molar-refractivity contribution in [2.24, 2.45) is 5.92 Å². The van der Waals surface area contributed by atoms with Gasteiger partial charge in [-0.1, -0.05) is 50.6 Å². The van der Waals surface area contributed by atoms with Crippen LogP contribution in [0.1, 0.15) is 44.6 Å². The number of carbonyl (C=O) groups is 1. The summed E-state index contributed by atoms with van der Waals surface area (Å²) in [5.74, 6) is -0.0894. The van der Waals surface area contributed by atoms with E-state index in [1.165, 1.54) is 5.56 Å². The van der Waals surface area contributed by atoms with Crippen LogP contribution in [-0.2, 0) is 4.79 Å². The third-order valence-corrected chi connectivity index (χ3v) is 3.20. The molecule has 0 aromatic heterocycles. The molecule has 0 fully saturated rings. The lowest BCUT2D eigenvalue weighted by molar-refractivity contribution is -0.138. The van der Waals surface area contributed by atoms with Gasteiger partial charge < -0.3 is 5.11 Å². The second-order valence-electron chi connectivity index (χ2n) is 4.19. The standard InChI is InChI=1S/C14H20O2/c1-3-11(10-14(15)16)13(4-2)12-8-6-5-7-9-12/h5-9,11,13H,3-4,10H2,1-2H3,(H,15,16)/t11?,13-/m1/s1. The van der Waals surface area contributed by atoms with Crippen LogP contribution in [0.15, 0.2) is 30.3 Å². The second-order valence-corrected chi connectivity index (χ2v) is 4.19. The quantitative estimate of drug-likeness (QED) is 0.794. The first kappa shape index (κ1) is 12.8. The zero-order valence-corrected chi connectivity index (χ0v) is 10.0. The van der Waals surface area contributed by atoms with Crippen LogP contribution in [0.25, 0.3) is 0 Å². The van der Waals surface area contributed by atoms with Crippen LogP contribution < -0.4 is 0 Å². The van der Waals surface area contributed by atoms with E-state index < -0.39 is 5.97 Å². The van der Waals surface area contributed by atoms with Crippen LogP contribution >= 0.6 is 0 Å². The van der Waals surface area contributed by atoms with Crippen LogP contribution in [-0.4, -0.2) is 11.1 Å². The monoisotopic (exact) mass is 220 g/mol. The van der Waals surface area contributed by atoms with Crippen molar-refractivity contribution in [3.8, 4) is 0 Å². The predicted molar refractivity (Wildman–Crippen MR) is 65.5 cm³/mol. The zero-order chi connectivity index (χ0) is 12.0. The highest BCUT2D eigenvalue weighted by atomic mass is 16.4. The lowest BCUT2D eigenvalue weighted by atomic mass is 9.80. The van der Waals surface area contributed by atoms with Crippen molar-refractivity contribution in [3.63, 3.8) is 0 Å². The average molecular weight is 220 g/mol. The lowest BCUT2D eigenvalue weighted by Gasteiger charge is -2.24. The van der Waals surface area contributed by atoms with Gasteiger partial charge in [0.05, 0.1) is 0 Å². The Morgan fingerprint density at radius 1 is 1.19 bits per heavy atom. The minimum Gasteiger partial charge on any atom is -0.481 e. The summed E-state index contributed by atoms with van der Waals surface area (Å²) in [6.45, 7) is 4.20. The molecule has 0 bridgehead atoms. The molecule has 2 atom stereocenters. The summed E-state index contributed by atoms with van der Waals surface area (Å²) >= 11 is 0. The van der Waals surface area contributed by atoms with Gasteiger partial charge in [-0.3, -0.25) is 4.79 Å². The topological polar surface area (TPSA) is 37.3 Å². The van der Waals surface area contributed by atoms with Gasteiger partial charge in [-0.15, -0.1) is 0 Å². The van der Waals surface area contributed by atoms with E-state index in [1.807, 2.05) is 18.2 Å². The smallest absolute Gasteiger partial charge is 0.303 e. The van der Waals surface area contributed by atoms with Crippen molar-refractivity contribution in [1.82, 2.24) is 0 Å². The molecule has 0 saturated heterocycles. The number of aliphatic carboxylic acids is 1. The van der Waals surface area contributed by atoms with Gasteiger partial charge in [0.1, 0.15) is 0 Å². The van der Waals surface area contributed by atoms with Gasteiger partial charge in [0.15, 0.2) is 0 Å². The van der Waals surface area contributed by atoms with Gasteiger partial charge in [-0.25, -0.2) is 0 Å². The van der Waals surface area contributed by atoms with E-state index in [9.17, 15) is 4.79 Å². The van der Waals surface area contributed by atoms with Gasteiger partial charge in [-0.05, 0) is 23.8 Å². The van der Waals surface area contributed by atoms with Crippen LogP contribution in [0.5, 0.6) is 0 Å². The summed E-state index contributed by atoms with van der Waals surface area (Å²) in [6, 6.07) is 10.2. The Labute approximate surface area is 97.3 Å². The van der Waals surface area contributed by atoms with E-state index >= 15 is 0 Å². The molecule has 16 heavy (non-hydrogen) atoms. The fourth-order valence-electron chi connectivity index (χ4n) is 2.34. The van der Waals surface area contributed by atoms with Crippen molar-refractivity contribution in [2.45, 2.75) is 39.0 Å². The summed E-state index contributed by atoms with van der Waals surface area (Å²) in [5.41, 5.74) is 1.26. The van der Waals surface area contributed by atoms with Crippen LogP contribution in [0, 0.1) is 5.92 Å². The molecule has 88 valence electrons. The molecule has 0 aliphatic carbocycles. The highest BCUT2D eigenvalue weighted by Gasteiger charge is 2.22. The Balaban J connectivity index is 2.83. The molecule has 0 spiro atoms. The molecule has 2 nitrogen and oxygen atoms in total. The Bertz CT molecular complexity index is 319. The molecule has 1 N–H and O–H groups in total. The molecule has 1 aromatic carbocycles. The highest BCUT2D eigenvalue weighted by Crippen LogP contribution is 2.32. The Hall–Kier alpha value is -1.31. The third kappa shape index (κ3) is 3.37. The fourth-order valence-corrected chi connectivity index (χ4v) is 2.34. The molecule has 1 unspecified atom stereocenters. The number of hydrogen-bond donors (Lipinski definition) is 1. The van der Waals surface area contributed by atoms with E-state index in [0.29, 0.717) is 5.92 Å². The molecule has 0 heterocycles. The number of rotatable bonds is 6. The van der Waals surface area contributed by atoms with Crippen LogP contribution in [0.3, 0.4) is 0 Å². The molecule has 0 radical (unpaired) electrons.